The molecule has 0 unspecified atom stereocenters. The average Bonchev–Trinajstić information content (AvgIpc) is 3.04. The van der Waals surface area contributed by atoms with Crippen molar-refractivity contribution in [3.05, 3.63) is 12.2 Å². The van der Waals surface area contributed by atoms with Crippen molar-refractivity contribution < 1.29 is 28.0 Å². The third-order valence-electron chi connectivity index (χ3n) is 4.16. The summed E-state index contributed by atoms with van der Waals surface area (Å²) >= 11 is 0. The van der Waals surface area contributed by atoms with E-state index in [0.717, 1.165) is 4.90 Å². The predicted octanol–water partition coefficient (Wildman–Crippen LogP) is 2.26. The molecule has 160 valence electrons. The van der Waals surface area contributed by atoms with Crippen molar-refractivity contribution in [2.75, 3.05) is 6.61 Å². The normalized spacial score (nSPS) is 27.1. The standard InChI is InChI=1S/C19H32N2O6S/c1-17(2,3)27-16(23)21-12(9-10-14(21)22)15(20-28(24)18(4,5)6)13-11-25-19(7,8)26-13/h9-10,12-13,15,20H,11H2,1-8H3/t12-,13+,15-,28-/m1/s1. The summed E-state index contributed by atoms with van der Waals surface area (Å²) < 4.78 is 32.3. The fourth-order valence-electron chi connectivity index (χ4n) is 2.86. The fourth-order valence-corrected chi connectivity index (χ4v) is 3.75. The van der Waals surface area contributed by atoms with E-state index in [1.54, 1.807) is 40.7 Å². The summed E-state index contributed by atoms with van der Waals surface area (Å²) in [5.41, 5.74) is -0.753. The van der Waals surface area contributed by atoms with Crippen molar-refractivity contribution in [1.29, 1.82) is 0 Å². The van der Waals surface area contributed by atoms with Crippen molar-refractivity contribution in [1.82, 2.24) is 9.62 Å². The number of carbonyl (C=O) groups excluding carboxylic acids is 2. The van der Waals surface area contributed by atoms with Crippen molar-refractivity contribution in [3.63, 3.8) is 0 Å². The maximum Gasteiger partial charge on any atom is 0.417 e. The monoisotopic (exact) mass is 416 g/mol. The van der Waals surface area contributed by atoms with E-state index in [-0.39, 0.29) is 6.61 Å². The summed E-state index contributed by atoms with van der Waals surface area (Å²) in [5.74, 6) is -1.29. The molecular formula is C19H32N2O6S. The Bertz CT molecular complexity index is 677. The van der Waals surface area contributed by atoms with Crippen LogP contribution in [0.3, 0.4) is 0 Å². The highest BCUT2D eigenvalue weighted by Gasteiger charge is 2.47. The van der Waals surface area contributed by atoms with E-state index < -0.39 is 57.3 Å². The number of hydrogen-bond donors (Lipinski definition) is 1. The molecule has 1 saturated heterocycles. The molecule has 2 rings (SSSR count). The molecule has 1 fully saturated rings. The zero-order chi connectivity index (χ0) is 21.5. The Morgan fingerprint density at radius 2 is 1.93 bits per heavy atom. The minimum absolute atomic E-state index is 0.243. The van der Waals surface area contributed by atoms with E-state index >= 15 is 0 Å². The second kappa shape index (κ2) is 7.85. The van der Waals surface area contributed by atoms with Gasteiger partial charge in [-0.25, -0.2) is 18.6 Å². The minimum Gasteiger partial charge on any atom is -0.443 e. The highest BCUT2D eigenvalue weighted by molar-refractivity contribution is 7.84. The SMILES string of the molecule is CC(C)(C)OC(=O)N1C(=O)C=C[C@@H]1[C@@H](N[S@](=O)C(C)(C)C)[C@@H]1COC(C)(C)O1. The zero-order valence-corrected chi connectivity index (χ0v) is 18.7. The molecule has 8 nitrogen and oxygen atoms in total. The van der Waals surface area contributed by atoms with Gasteiger partial charge in [0.25, 0.3) is 5.91 Å². The highest BCUT2D eigenvalue weighted by Crippen LogP contribution is 2.30. The Labute approximate surface area is 169 Å². The summed E-state index contributed by atoms with van der Waals surface area (Å²) in [6, 6.07) is -1.34. The first-order valence-corrected chi connectivity index (χ1v) is 10.5. The van der Waals surface area contributed by atoms with Crippen LogP contribution in [-0.2, 0) is 30.0 Å². The molecule has 1 N–H and O–H groups in total. The van der Waals surface area contributed by atoms with Gasteiger partial charge >= 0.3 is 6.09 Å². The third kappa shape index (κ3) is 5.62. The molecule has 0 saturated carbocycles. The van der Waals surface area contributed by atoms with E-state index in [2.05, 4.69) is 4.72 Å². The minimum atomic E-state index is -1.45. The van der Waals surface area contributed by atoms with E-state index in [4.69, 9.17) is 14.2 Å². The predicted molar refractivity (Wildman–Crippen MR) is 106 cm³/mol. The van der Waals surface area contributed by atoms with Gasteiger partial charge in [-0.2, -0.15) is 0 Å². The van der Waals surface area contributed by atoms with Crippen LogP contribution in [-0.4, -0.2) is 62.0 Å². The molecular weight excluding hydrogens is 384 g/mol. The largest absolute Gasteiger partial charge is 0.443 e. The van der Waals surface area contributed by atoms with Crippen LogP contribution in [0.4, 0.5) is 4.79 Å². The number of ether oxygens (including phenoxy) is 3. The van der Waals surface area contributed by atoms with Gasteiger partial charge in [-0.05, 0) is 55.4 Å². The van der Waals surface area contributed by atoms with Crippen molar-refractivity contribution in [2.24, 2.45) is 0 Å². The average molecular weight is 417 g/mol. The second-order valence-electron chi connectivity index (χ2n) is 9.43. The summed E-state index contributed by atoms with van der Waals surface area (Å²) in [5, 5.41) is 0. The lowest BCUT2D eigenvalue weighted by Crippen LogP contribution is -2.58. The topological polar surface area (TPSA) is 94.2 Å². The molecule has 0 aliphatic carbocycles. The van der Waals surface area contributed by atoms with Gasteiger partial charge in [-0.15, -0.1) is 0 Å². The Kier molecular flexibility index (Phi) is 6.45. The van der Waals surface area contributed by atoms with Crippen LogP contribution < -0.4 is 4.72 Å². The molecule has 2 aliphatic rings. The second-order valence-corrected chi connectivity index (χ2v) is 11.4. The first-order valence-electron chi connectivity index (χ1n) is 9.35. The summed E-state index contributed by atoms with van der Waals surface area (Å²) in [6.07, 6.45) is 1.67. The van der Waals surface area contributed by atoms with Crippen LogP contribution in [0.15, 0.2) is 12.2 Å². The lowest BCUT2D eigenvalue weighted by Gasteiger charge is -2.35. The first-order chi connectivity index (χ1) is 12.6. The third-order valence-corrected chi connectivity index (χ3v) is 5.76. The van der Waals surface area contributed by atoms with Gasteiger partial charge in [0.1, 0.15) is 11.7 Å². The Balaban J connectivity index is 2.32. The van der Waals surface area contributed by atoms with Crippen molar-refractivity contribution in [2.45, 2.75) is 89.7 Å². The number of amides is 2. The van der Waals surface area contributed by atoms with E-state index in [1.807, 2.05) is 20.8 Å². The van der Waals surface area contributed by atoms with E-state index in [1.165, 1.54) is 6.08 Å². The van der Waals surface area contributed by atoms with Crippen LogP contribution in [0, 0.1) is 0 Å². The number of rotatable bonds is 4. The molecule has 0 aromatic rings. The summed E-state index contributed by atoms with van der Waals surface area (Å²) in [6.45, 7) is 14.5. The van der Waals surface area contributed by atoms with Gasteiger partial charge in [0.2, 0.25) is 0 Å². The molecule has 2 aliphatic heterocycles. The molecule has 2 heterocycles. The molecule has 0 aromatic heterocycles. The van der Waals surface area contributed by atoms with E-state index in [0.29, 0.717) is 0 Å². The number of carbonyl (C=O) groups is 2. The number of nitrogens with zero attached hydrogens (tertiary/aromatic N) is 1. The van der Waals surface area contributed by atoms with Crippen LogP contribution >= 0.6 is 0 Å². The molecule has 0 aromatic carbocycles. The summed E-state index contributed by atoms with van der Waals surface area (Å²) in [4.78, 5) is 26.1. The molecule has 0 spiro atoms. The Morgan fingerprint density at radius 1 is 1.32 bits per heavy atom. The van der Waals surface area contributed by atoms with Crippen LogP contribution in [0.2, 0.25) is 0 Å². The number of hydrogen-bond acceptors (Lipinski definition) is 6. The number of imide groups is 1. The van der Waals surface area contributed by atoms with Gasteiger partial charge in [0.15, 0.2) is 5.79 Å². The molecule has 0 bridgehead atoms. The van der Waals surface area contributed by atoms with Gasteiger partial charge in [0.05, 0.1) is 34.4 Å². The number of nitrogens with one attached hydrogen (secondary N) is 1. The van der Waals surface area contributed by atoms with Gasteiger partial charge in [0, 0.05) is 6.08 Å². The van der Waals surface area contributed by atoms with Crippen LogP contribution in [0.25, 0.3) is 0 Å². The zero-order valence-electron chi connectivity index (χ0n) is 17.9. The van der Waals surface area contributed by atoms with Gasteiger partial charge in [-0.3, -0.25) is 4.79 Å². The lowest BCUT2D eigenvalue weighted by atomic mass is 10.0. The molecule has 2 amide bonds. The first kappa shape index (κ1) is 23.0. The molecule has 0 radical (unpaired) electrons. The Hall–Kier alpha value is -1.29. The molecule has 4 atom stereocenters. The maximum atomic E-state index is 12.8. The van der Waals surface area contributed by atoms with Gasteiger partial charge < -0.3 is 14.2 Å². The highest BCUT2D eigenvalue weighted by atomic mass is 32.2. The fraction of sp³-hybridized carbons (Fsp3) is 0.789. The quantitative estimate of drug-likeness (QED) is 0.755. The Morgan fingerprint density at radius 3 is 2.39 bits per heavy atom. The van der Waals surface area contributed by atoms with Gasteiger partial charge in [-0.1, -0.05) is 6.08 Å². The lowest BCUT2D eigenvalue weighted by molar-refractivity contribution is -0.143. The van der Waals surface area contributed by atoms with E-state index in [9.17, 15) is 13.8 Å². The van der Waals surface area contributed by atoms with Crippen molar-refractivity contribution in [3.8, 4) is 0 Å². The van der Waals surface area contributed by atoms with Crippen LogP contribution in [0.1, 0.15) is 55.4 Å². The molecule has 28 heavy (non-hydrogen) atoms. The molecule has 9 heteroatoms. The van der Waals surface area contributed by atoms with Crippen LogP contribution in [0.5, 0.6) is 0 Å². The summed E-state index contributed by atoms with van der Waals surface area (Å²) in [7, 11) is -1.45. The maximum absolute atomic E-state index is 12.8. The smallest absolute Gasteiger partial charge is 0.417 e. The van der Waals surface area contributed by atoms with Crippen molar-refractivity contribution >= 4 is 23.0 Å².